The molecule has 18 heavy (non-hydrogen) atoms. The maximum Gasteiger partial charge on any atom is 0.333 e. The van der Waals surface area contributed by atoms with Gasteiger partial charge in [0.25, 0.3) is 0 Å². The first-order chi connectivity index (χ1) is 8.56. The van der Waals surface area contributed by atoms with Crippen molar-refractivity contribution >= 4 is 5.97 Å². The van der Waals surface area contributed by atoms with Crippen molar-refractivity contribution in [1.29, 1.82) is 0 Å². The predicted molar refractivity (Wildman–Crippen MR) is 68.6 cm³/mol. The number of halogens is 1. The highest BCUT2D eigenvalue weighted by Crippen LogP contribution is 2.15. The number of ether oxygens (including phenoxy) is 1. The molecule has 1 rings (SSSR count). The van der Waals surface area contributed by atoms with Crippen molar-refractivity contribution in [3.63, 3.8) is 0 Å². The van der Waals surface area contributed by atoms with Crippen LogP contribution in [0.3, 0.4) is 0 Å². The highest BCUT2D eigenvalue weighted by atomic mass is 19.1. The fourth-order valence-corrected chi connectivity index (χ4v) is 1.57. The topological polar surface area (TPSA) is 38.3 Å². The average molecular weight is 251 g/mol. The zero-order chi connectivity index (χ0) is 13.5. The summed E-state index contributed by atoms with van der Waals surface area (Å²) in [6, 6.07) is 6.51. The Morgan fingerprint density at radius 1 is 1.50 bits per heavy atom. The van der Waals surface area contributed by atoms with Crippen molar-refractivity contribution in [1.82, 2.24) is 5.32 Å². The van der Waals surface area contributed by atoms with E-state index in [-0.39, 0.29) is 17.8 Å². The minimum atomic E-state index is -0.352. The standard InChI is InChI=1S/C14H18FNO2/c1-10(14(17)18-3)8-9-16-11(2)12-6-4-5-7-13(12)15/h4-8,11,16H,9H2,1-3H3/b10-8+/t11-/m1/s1. The number of hydrogen-bond acceptors (Lipinski definition) is 3. The Morgan fingerprint density at radius 3 is 2.78 bits per heavy atom. The molecule has 0 bridgehead atoms. The maximum atomic E-state index is 13.5. The summed E-state index contributed by atoms with van der Waals surface area (Å²) in [6.45, 7) is 4.04. The molecule has 98 valence electrons. The van der Waals surface area contributed by atoms with Crippen molar-refractivity contribution in [3.05, 3.63) is 47.3 Å². The van der Waals surface area contributed by atoms with Crippen LogP contribution >= 0.6 is 0 Å². The molecule has 1 aromatic carbocycles. The van der Waals surface area contributed by atoms with Gasteiger partial charge in [0, 0.05) is 23.7 Å². The fourth-order valence-electron chi connectivity index (χ4n) is 1.57. The normalized spacial score (nSPS) is 13.2. The number of rotatable bonds is 5. The van der Waals surface area contributed by atoms with Gasteiger partial charge in [-0.05, 0) is 19.9 Å². The molecule has 0 heterocycles. The average Bonchev–Trinajstić information content (AvgIpc) is 2.37. The van der Waals surface area contributed by atoms with E-state index in [0.29, 0.717) is 17.7 Å². The van der Waals surface area contributed by atoms with E-state index in [1.165, 1.54) is 13.2 Å². The lowest BCUT2D eigenvalue weighted by atomic mass is 10.1. The van der Waals surface area contributed by atoms with E-state index < -0.39 is 0 Å². The van der Waals surface area contributed by atoms with Gasteiger partial charge in [0.15, 0.2) is 0 Å². The van der Waals surface area contributed by atoms with Crippen LogP contribution in [0.1, 0.15) is 25.5 Å². The highest BCUT2D eigenvalue weighted by molar-refractivity contribution is 5.87. The molecule has 0 aliphatic rings. The van der Waals surface area contributed by atoms with E-state index in [9.17, 15) is 9.18 Å². The van der Waals surface area contributed by atoms with Gasteiger partial charge in [0.05, 0.1) is 7.11 Å². The van der Waals surface area contributed by atoms with E-state index in [2.05, 4.69) is 10.1 Å². The molecular weight excluding hydrogens is 233 g/mol. The van der Waals surface area contributed by atoms with Gasteiger partial charge < -0.3 is 10.1 Å². The van der Waals surface area contributed by atoms with Crippen LogP contribution in [0.5, 0.6) is 0 Å². The first-order valence-corrected chi connectivity index (χ1v) is 5.79. The summed E-state index contributed by atoms with van der Waals surface area (Å²) in [5, 5.41) is 3.13. The smallest absolute Gasteiger partial charge is 0.333 e. The van der Waals surface area contributed by atoms with Gasteiger partial charge in [-0.15, -0.1) is 0 Å². The molecule has 3 nitrogen and oxygen atoms in total. The monoisotopic (exact) mass is 251 g/mol. The second-order valence-electron chi connectivity index (χ2n) is 4.03. The SMILES string of the molecule is COC(=O)/C(C)=C/CN[C@H](C)c1ccccc1F. The maximum absolute atomic E-state index is 13.5. The number of benzene rings is 1. The Balaban J connectivity index is 2.55. The molecule has 0 fully saturated rings. The van der Waals surface area contributed by atoms with Crippen LogP contribution in [0.25, 0.3) is 0 Å². The van der Waals surface area contributed by atoms with Gasteiger partial charge in [-0.2, -0.15) is 0 Å². The molecule has 0 unspecified atom stereocenters. The van der Waals surface area contributed by atoms with Gasteiger partial charge in [0.1, 0.15) is 5.82 Å². The summed E-state index contributed by atoms with van der Waals surface area (Å²) in [4.78, 5) is 11.1. The lowest BCUT2D eigenvalue weighted by Gasteiger charge is -2.13. The van der Waals surface area contributed by atoms with Gasteiger partial charge in [-0.25, -0.2) is 9.18 Å². The van der Waals surface area contributed by atoms with Crippen LogP contribution < -0.4 is 5.32 Å². The summed E-state index contributed by atoms with van der Waals surface area (Å²) in [7, 11) is 1.34. The predicted octanol–water partition coefficient (Wildman–Crippen LogP) is 2.60. The zero-order valence-electron chi connectivity index (χ0n) is 10.9. The van der Waals surface area contributed by atoms with E-state index >= 15 is 0 Å². The van der Waals surface area contributed by atoms with Gasteiger partial charge in [0.2, 0.25) is 0 Å². The van der Waals surface area contributed by atoms with Gasteiger partial charge in [-0.1, -0.05) is 24.3 Å². The van der Waals surface area contributed by atoms with Crippen LogP contribution in [-0.4, -0.2) is 19.6 Å². The molecule has 0 saturated carbocycles. The van der Waals surface area contributed by atoms with E-state index in [1.807, 2.05) is 6.92 Å². The van der Waals surface area contributed by atoms with Gasteiger partial charge in [-0.3, -0.25) is 0 Å². The molecule has 1 atom stereocenters. The highest BCUT2D eigenvalue weighted by Gasteiger charge is 2.09. The number of hydrogen-bond donors (Lipinski definition) is 1. The number of esters is 1. The third-order valence-electron chi connectivity index (χ3n) is 2.71. The number of nitrogens with one attached hydrogen (secondary N) is 1. The number of methoxy groups -OCH3 is 1. The molecule has 0 aromatic heterocycles. The van der Waals surface area contributed by atoms with Crippen LogP contribution in [0.15, 0.2) is 35.9 Å². The quantitative estimate of drug-likeness (QED) is 0.645. The third kappa shape index (κ3) is 3.96. The van der Waals surface area contributed by atoms with E-state index in [1.54, 1.807) is 31.2 Å². The molecule has 0 spiro atoms. The first kappa shape index (κ1) is 14.4. The third-order valence-corrected chi connectivity index (χ3v) is 2.71. The largest absolute Gasteiger partial charge is 0.466 e. The molecule has 0 radical (unpaired) electrons. The minimum absolute atomic E-state index is 0.118. The minimum Gasteiger partial charge on any atom is -0.466 e. The van der Waals surface area contributed by atoms with Crippen LogP contribution in [0.4, 0.5) is 4.39 Å². The summed E-state index contributed by atoms with van der Waals surface area (Å²) < 4.78 is 18.1. The summed E-state index contributed by atoms with van der Waals surface area (Å²) in [5.74, 6) is -0.582. The lowest BCUT2D eigenvalue weighted by Crippen LogP contribution is -2.20. The fraction of sp³-hybridized carbons (Fsp3) is 0.357. The second kappa shape index (κ2) is 6.91. The van der Waals surface area contributed by atoms with E-state index in [0.717, 1.165) is 0 Å². The molecule has 1 N–H and O–H groups in total. The Labute approximate surface area is 107 Å². The number of carbonyl (C=O) groups excluding carboxylic acids is 1. The molecule has 1 aromatic rings. The van der Waals surface area contributed by atoms with Crippen molar-refractivity contribution in [2.75, 3.05) is 13.7 Å². The van der Waals surface area contributed by atoms with Crippen molar-refractivity contribution in [3.8, 4) is 0 Å². The molecule has 4 heteroatoms. The summed E-state index contributed by atoms with van der Waals surface area (Å²) in [6.07, 6.45) is 1.73. The summed E-state index contributed by atoms with van der Waals surface area (Å²) in [5.41, 5.74) is 1.15. The van der Waals surface area contributed by atoms with Crippen molar-refractivity contribution in [2.24, 2.45) is 0 Å². The Hall–Kier alpha value is -1.68. The van der Waals surface area contributed by atoms with Gasteiger partial charge >= 0.3 is 5.97 Å². The summed E-state index contributed by atoms with van der Waals surface area (Å²) >= 11 is 0. The molecule has 0 amide bonds. The molecule has 0 aliphatic carbocycles. The molecule has 0 saturated heterocycles. The second-order valence-corrected chi connectivity index (χ2v) is 4.03. The number of carbonyl (C=O) groups is 1. The van der Waals surface area contributed by atoms with Crippen molar-refractivity contribution in [2.45, 2.75) is 19.9 Å². The van der Waals surface area contributed by atoms with Crippen LogP contribution in [0, 0.1) is 5.82 Å². The zero-order valence-corrected chi connectivity index (χ0v) is 10.9. The Morgan fingerprint density at radius 2 is 2.17 bits per heavy atom. The molecular formula is C14H18FNO2. The Bertz CT molecular complexity index is 443. The lowest BCUT2D eigenvalue weighted by molar-refractivity contribution is -0.136. The molecule has 0 aliphatic heterocycles. The van der Waals surface area contributed by atoms with E-state index in [4.69, 9.17) is 0 Å². The van der Waals surface area contributed by atoms with Crippen molar-refractivity contribution < 1.29 is 13.9 Å². The Kier molecular flexibility index (Phi) is 5.52. The van der Waals surface area contributed by atoms with Crippen LogP contribution in [-0.2, 0) is 9.53 Å². The van der Waals surface area contributed by atoms with Crippen LogP contribution in [0.2, 0.25) is 0 Å². The first-order valence-electron chi connectivity index (χ1n) is 5.79.